The summed E-state index contributed by atoms with van der Waals surface area (Å²) in [6.07, 6.45) is -3.28. The number of ether oxygens (including phenoxy) is 2. The lowest BCUT2D eigenvalue weighted by molar-refractivity contribution is -0.137. The van der Waals surface area contributed by atoms with Gasteiger partial charge in [0.25, 0.3) is 0 Å². The number of rotatable bonds is 6. The van der Waals surface area contributed by atoms with Crippen molar-refractivity contribution in [3.63, 3.8) is 0 Å². The summed E-state index contributed by atoms with van der Waals surface area (Å²) in [5.74, 6) is 1.66. The predicted octanol–water partition coefficient (Wildman–Crippen LogP) is 3.25. The molecule has 1 aromatic rings. The SMILES string of the molecule is CN=C(NCCOc1ccc(C(F)(F)F)cc1)N(C)CC1CCOC1.I. The monoisotopic (exact) mass is 487 g/mol. The van der Waals surface area contributed by atoms with Gasteiger partial charge in [0.15, 0.2) is 5.96 Å². The molecular formula is C17H25F3IN3O2. The summed E-state index contributed by atoms with van der Waals surface area (Å²) in [4.78, 5) is 6.26. The molecule has 0 radical (unpaired) electrons. The van der Waals surface area contributed by atoms with Crippen molar-refractivity contribution in [2.45, 2.75) is 12.6 Å². The average molecular weight is 487 g/mol. The summed E-state index contributed by atoms with van der Waals surface area (Å²) < 4.78 is 48.3. The van der Waals surface area contributed by atoms with Crippen LogP contribution in [0.3, 0.4) is 0 Å². The minimum absolute atomic E-state index is 0. The standard InChI is InChI=1S/C17H24F3N3O2.HI/c1-21-16(23(2)11-13-7-9-24-12-13)22-8-10-25-15-5-3-14(4-6-15)17(18,19)20;/h3-6,13H,7-12H2,1-2H3,(H,21,22);1H. The molecule has 1 aromatic carbocycles. The van der Waals surface area contributed by atoms with Crippen LogP contribution in [-0.4, -0.2) is 57.9 Å². The fraction of sp³-hybridized carbons (Fsp3) is 0.588. The maximum Gasteiger partial charge on any atom is 0.416 e. The highest BCUT2D eigenvalue weighted by Gasteiger charge is 2.30. The van der Waals surface area contributed by atoms with E-state index in [1.54, 1.807) is 7.05 Å². The Morgan fingerprint density at radius 3 is 2.58 bits per heavy atom. The second kappa shape index (κ2) is 10.8. The Kier molecular flexibility index (Phi) is 9.48. The molecule has 1 atom stereocenters. The van der Waals surface area contributed by atoms with Crippen LogP contribution in [0.25, 0.3) is 0 Å². The van der Waals surface area contributed by atoms with Gasteiger partial charge in [0.05, 0.1) is 18.7 Å². The lowest BCUT2D eigenvalue weighted by atomic mass is 10.1. The van der Waals surface area contributed by atoms with E-state index >= 15 is 0 Å². The Morgan fingerprint density at radius 1 is 1.35 bits per heavy atom. The number of guanidine groups is 1. The first-order chi connectivity index (χ1) is 11.9. The van der Waals surface area contributed by atoms with E-state index in [-0.39, 0.29) is 24.0 Å². The third kappa shape index (κ3) is 7.18. The first-order valence-electron chi connectivity index (χ1n) is 8.19. The van der Waals surface area contributed by atoms with Gasteiger partial charge in [0.2, 0.25) is 0 Å². The van der Waals surface area contributed by atoms with Crippen LogP contribution < -0.4 is 10.1 Å². The molecule has 2 rings (SSSR count). The van der Waals surface area contributed by atoms with Gasteiger partial charge in [-0.1, -0.05) is 0 Å². The zero-order valence-corrected chi connectivity index (χ0v) is 17.2. The van der Waals surface area contributed by atoms with E-state index in [1.807, 2.05) is 11.9 Å². The fourth-order valence-electron chi connectivity index (χ4n) is 2.66. The van der Waals surface area contributed by atoms with Crippen molar-refractivity contribution in [1.82, 2.24) is 10.2 Å². The Bertz CT molecular complexity index is 561. The van der Waals surface area contributed by atoms with Crippen LogP contribution in [0.5, 0.6) is 5.75 Å². The molecule has 0 aromatic heterocycles. The van der Waals surface area contributed by atoms with E-state index in [4.69, 9.17) is 9.47 Å². The molecule has 5 nitrogen and oxygen atoms in total. The maximum absolute atomic E-state index is 12.5. The lowest BCUT2D eigenvalue weighted by Crippen LogP contribution is -2.42. The van der Waals surface area contributed by atoms with Crippen molar-refractivity contribution < 1.29 is 22.6 Å². The number of hydrogen-bond acceptors (Lipinski definition) is 3. The summed E-state index contributed by atoms with van der Waals surface area (Å²) in [7, 11) is 3.67. The summed E-state index contributed by atoms with van der Waals surface area (Å²) in [5.41, 5.74) is -0.684. The molecule has 0 spiro atoms. The van der Waals surface area contributed by atoms with Gasteiger partial charge in [-0.05, 0) is 30.7 Å². The molecule has 1 unspecified atom stereocenters. The van der Waals surface area contributed by atoms with Crippen molar-refractivity contribution in [2.75, 3.05) is 47.0 Å². The Hall–Kier alpha value is -1.23. The molecule has 1 heterocycles. The molecule has 1 N–H and O–H groups in total. The van der Waals surface area contributed by atoms with Crippen LogP contribution in [0.15, 0.2) is 29.3 Å². The van der Waals surface area contributed by atoms with E-state index in [1.165, 1.54) is 12.1 Å². The fourth-order valence-corrected chi connectivity index (χ4v) is 2.66. The van der Waals surface area contributed by atoms with E-state index in [2.05, 4.69) is 10.3 Å². The first kappa shape index (κ1) is 22.8. The predicted molar refractivity (Wildman–Crippen MR) is 105 cm³/mol. The Labute approximate surface area is 169 Å². The molecule has 0 saturated carbocycles. The molecule has 0 aliphatic carbocycles. The van der Waals surface area contributed by atoms with Gasteiger partial charge in [0, 0.05) is 33.2 Å². The van der Waals surface area contributed by atoms with E-state index in [0.29, 0.717) is 24.8 Å². The Morgan fingerprint density at radius 2 is 2.04 bits per heavy atom. The highest BCUT2D eigenvalue weighted by molar-refractivity contribution is 14.0. The van der Waals surface area contributed by atoms with Crippen molar-refractivity contribution in [3.05, 3.63) is 29.8 Å². The Balaban J connectivity index is 0.00000338. The van der Waals surface area contributed by atoms with Crippen molar-refractivity contribution >= 4 is 29.9 Å². The summed E-state index contributed by atoms with van der Waals surface area (Å²) in [5, 5.41) is 3.18. The van der Waals surface area contributed by atoms with E-state index < -0.39 is 11.7 Å². The molecular weight excluding hydrogens is 462 g/mol. The molecule has 9 heteroatoms. The minimum Gasteiger partial charge on any atom is -0.492 e. The third-order valence-corrected chi connectivity index (χ3v) is 3.96. The van der Waals surface area contributed by atoms with Crippen LogP contribution in [-0.2, 0) is 10.9 Å². The highest BCUT2D eigenvalue weighted by atomic mass is 127. The van der Waals surface area contributed by atoms with Crippen LogP contribution in [0.2, 0.25) is 0 Å². The van der Waals surface area contributed by atoms with Crippen molar-refractivity contribution in [1.29, 1.82) is 0 Å². The second-order valence-electron chi connectivity index (χ2n) is 5.95. The molecule has 1 saturated heterocycles. The third-order valence-electron chi connectivity index (χ3n) is 3.96. The minimum atomic E-state index is -4.33. The summed E-state index contributed by atoms with van der Waals surface area (Å²) in [6, 6.07) is 4.67. The largest absolute Gasteiger partial charge is 0.492 e. The zero-order chi connectivity index (χ0) is 18.3. The zero-order valence-electron chi connectivity index (χ0n) is 14.9. The van der Waals surface area contributed by atoms with Crippen LogP contribution in [0.4, 0.5) is 13.2 Å². The topological polar surface area (TPSA) is 46.1 Å². The average Bonchev–Trinajstić information content (AvgIpc) is 3.07. The number of halogens is 4. The van der Waals surface area contributed by atoms with Crippen LogP contribution in [0.1, 0.15) is 12.0 Å². The van der Waals surface area contributed by atoms with Gasteiger partial charge in [-0.25, -0.2) is 0 Å². The van der Waals surface area contributed by atoms with Gasteiger partial charge in [-0.15, -0.1) is 24.0 Å². The summed E-state index contributed by atoms with van der Waals surface area (Å²) >= 11 is 0. The smallest absolute Gasteiger partial charge is 0.416 e. The number of aliphatic imine (C=N–C) groups is 1. The van der Waals surface area contributed by atoms with Gasteiger partial charge >= 0.3 is 6.18 Å². The second-order valence-corrected chi connectivity index (χ2v) is 5.95. The molecule has 0 bridgehead atoms. The quantitative estimate of drug-likeness (QED) is 0.290. The molecule has 1 aliphatic rings. The van der Waals surface area contributed by atoms with Crippen molar-refractivity contribution in [2.24, 2.45) is 10.9 Å². The van der Waals surface area contributed by atoms with E-state index in [0.717, 1.165) is 44.3 Å². The number of benzene rings is 1. The van der Waals surface area contributed by atoms with Gasteiger partial charge in [-0.3, -0.25) is 4.99 Å². The number of alkyl halides is 3. The first-order valence-corrected chi connectivity index (χ1v) is 8.19. The number of hydrogen-bond donors (Lipinski definition) is 1. The van der Waals surface area contributed by atoms with E-state index in [9.17, 15) is 13.2 Å². The molecule has 148 valence electrons. The number of nitrogens with zero attached hydrogens (tertiary/aromatic N) is 2. The van der Waals surface area contributed by atoms with Crippen molar-refractivity contribution in [3.8, 4) is 5.75 Å². The van der Waals surface area contributed by atoms with Crippen LogP contribution in [0, 0.1) is 5.92 Å². The molecule has 26 heavy (non-hydrogen) atoms. The molecule has 1 aliphatic heterocycles. The highest BCUT2D eigenvalue weighted by Crippen LogP contribution is 2.30. The lowest BCUT2D eigenvalue weighted by Gasteiger charge is -2.24. The number of nitrogens with one attached hydrogen (secondary N) is 1. The molecule has 0 amide bonds. The van der Waals surface area contributed by atoms with Gasteiger partial charge in [0.1, 0.15) is 12.4 Å². The summed E-state index contributed by atoms with van der Waals surface area (Å²) in [6.45, 7) is 3.27. The maximum atomic E-state index is 12.5. The van der Waals surface area contributed by atoms with Gasteiger partial charge < -0.3 is 19.7 Å². The molecule has 1 fully saturated rings. The normalized spacial score (nSPS) is 17.6. The van der Waals surface area contributed by atoms with Gasteiger partial charge in [-0.2, -0.15) is 13.2 Å². The van der Waals surface area contributed by atoms with Crippen LogP contribution >= 0.6 is 24.0 Å².